The molecular formula is C17H20FNS. The van der Waals surface area contributed by atoms with Crippen LogP contribution in [0.1, 0.15) is 35.2 Å². The molecule has 106 valence electrons. The Morgan fingerprint density at radius 2 is 1.70 bits per heavy atom. The van der Waals surface area contributed by atoms with Gasteiger partial charge in [-0.15, -0.1) is 0 Å². The first kappa shape index (κ1) is 15.1. The van der Waals surface area contributed by atoms with Crippen molar-refractivity contribution in [3.63, 3.8) is 0 Å². The molecule has 2 aromatic rings. The fraction of sp³-hybridized carbons (Fsp3) is 0.294. The van der Waals surface area contributed by atoms with Gasteiger partial charge in [0.05, 0.1) is 0 Å². The summed E-state index contributed by atoms with van der Waals surface area (Å²) in [6.45, 7) is 7.84. The van der Waals surface area contributed by atoms with Crippen LogP contribution in [0.2, 0.25) is 0 Å². The van der Waals surface area contributed by atoms with Gasteiger partial charge in [-0.1, -0.05) is 29.5 Å². The molecule has 0 bridgehead atoms. The van der Waals surface area contributed by atoms with E-state index in [2.05, 4.69) is 32.0 Å². The summed E-state index contributed by atoms with van der Waals surface area (Å²) in [5.74, 6) is -0.192. The molecule has 0 unspecified atom stereocenters. The molecule has 1 nitrogen and oxygen atoms in total. The molecule has 0 saturated heterocycles. The van der Waals surface area contributed by atoms with Crippen LogP contribution < -0.4 is 5.73 Å². The molecule has 3 heteroatoms. The van der Waals surface area contributed by atoms with Crippen LogP contribution in [-0.2, 0) is 0 Å². The van der Waals surface area contributed by atoms with Gasteiger partial charge in [0.2, 0.25) is 0 Å². The lowest BCUT2D eigenvalue weighted by atomic mass is 10.1. The van der Waals surface area contributed by atoms with E-state index in [9.17, 15) is 4.39 Å². The lowest BCUT2D eigenvalue weighted by Gasteiger charge is -2.15. The molecule has 0 radical (unpaired) electrons. The van der Waals surface area contributed by atoms with E-state index in [4.69, 9.17) is 5.73 Å². The van der Waals surface area contributed by atoms with Gasteiger partial charge < -0.3 is 5.73 Å². The SMILES string of the molecule is Cc1ccc(Sc2cc(C)c(F)cc2[C@H](C)N)c(C)c1. The maximum atomic E-state index is 13.7. The summed E-state index contributed by atoms with van der Waals surface area (Å²) in [7, 11) is 0. The van der Waals surface area contributed by atoms with Gasteiger partial charge in [0, 0.05) is 15.8 Å². The molecule has 0 amide bonds. The van der Waals surface area contributed by atoms with Crippen LogP contribution in [0.5, 0.6) is 0 Å². The van der Waals surface area contributed by atoms with Crippen molar-refractivity contribution in [3.05, 3.63) is 58.4 Å². The molecule has 2 rings (SSSR count). The van der Waals surface area contributed by atoms with E-state index in [1.165, 1.54) is 16.0 Å². The van der Waals surface area contributed by atoms with Crippen LogP contribution >= 0.6 is 11.8 Å². The fourth-order valence-corrected chi connectivity index (χ4v) is 3.34. The summed E-state index contributed by atoms with van der Waals surface area (Å²) >= 11 is 1.65. The number of rotatable bonds is 3. The summed E-state index contributed by atoms with van der Waals surface area (Å²) in [6, 6.07) is 9.63. The monoisotopic (exact) mass is 289 g/mol. The van der Waals surface area contributed by atoms with E-state index in [0.717, 1.165) is 10.5 Å². The lowest BCUT2D eigenvalue weighted by Crippen LogP contribution is -2.07. The normalized spacial score (nSPS) is 12.5. The van der Waals surface area contributed by atoms with E-state index >= 15 is 0 Å². The van der Waals surface area contributed by atoms with Gasteiger partial charge >= 0.3 is 0 Å². The van der Waals surface area contributed by atoms with E-state index in [-0.39, 0.29) is 11.9 Å². The average Bonchev–Trinajstić information content (AvgIpc) is 2.36. The van der Waals surface area contributed by atoms with Gasteiger partial charge in [-0.25, -0.2) is 4.39 Å². The number of hydrogen-bond donors (Lipinski definition) is 1. The molecule has 0 aliphatic rings. The third kappa shape index (κ3) is 3.22. The first-order chi connectivity index (χ1) is 9.38. The number of halogens is 1. The topological polar surface area (TPSA) is 26.0 Å². The van der Waals surface area contributed by atoms with Gasteiger partial charge in [0.25, 0.3) is 0 Å². The molecule has 0 aliphatic heterocycles. The molecule has 0 spiro atoms. The van der Waals surface area contributed by atoms with Crippen LogP contribution in [0.3, 0.4) is 0 Å². The zero-order valence-corrected chi connectivity index (χ0v) is 13.1. The van der Waals surface area contributed by atoms with Gasteiger partial charge in [-0.2, -0.15) is 0 Å². The predicted octanol–water partition coefficient (Wildman–Crippen LogP) is 4.92. The Bertz CT molecular complexity index is 635. The van der Waals surface area contributed by atoms with Crippen molar-refractivity contribution < 1.29 is 4.39 Å². The predicted molar refractivity (Wildman–Crippen MR) is 83.8 cm³/mol. The second-order valence-electron chi connectivity index (χ2n) is 5.30. The van der Waals surface area contributed by atoms with Crippen molar-refractivity contribution in [2.24, 2.45) is 5.73 Å². The van der Waals surface area contributed by atoms with Gasteiger partial charge in [0.15, 0.2) is 0 Å². The van der Waals surface area contributed by atoms with E-state index in [1.807, 2.05) is 13.0 Å². The summed E-state index contributed by atoms with van der Waals surface area (Å²) in [5, 5.41) is 0. The standard InChI is InChI=1S/C17H20FNS/c1-10-5-6-16(12(3)7-10)20-17-8-11(2)15(18)9-14(17)13(4)19/h5-9,13H,19H2,1-4H3/t13-/m0/s1. The second kappa shape index (κ2) is 5.98. The summed E-state index contributed by atoms with van der Waals surface area (Å²) in [4.78, 5) is 2.22. The highest BCUT2D eigenvalue weighted by Gasteiger charge is 2.13. The Morgan fingerprint density at radius 1 is 1.00 bits per heavy atom. The van der Waals surface area contributed by atoms with E-state index < -0.39 is 0 Å². The molecule has 0 aromatic heterocycles. The minimum absolute atomic E-state index is 0.182. The zero-order chi connectivity index (χ0) is 14.9. The number of hydrogen-bond acceptors (Lipinski definition) is 2. The molecule has 0 aliphatic carbocycles. The van der Waals surface area contributed by atoms with Crippen molar-refractivity contribution in [2.75, 3.05) is 0 Å². The fourth-order valence-electron chi connectivity index (χ4n) is 2.15. The quantitative estimate of drug-likeness (QED) is 0.867. The van der Waals surface area contributed by atoms with Crippen molar-refractivity contribution >= 4 is 11.8 Å². The lowest BCUT2D eigenvalue weighted by molar-refractivity contribution is 0.610. The van der Waals surface area contributed by atoms with Crippen LogP contribution in [0, 0.1) is 26.6 Å². The van der Waals surface area contributed by atoms with Gasteiger partial charge in [-0.3, -0.25) is 0 Å². The molecule has 2 aromatic carbocycles. The van der Waals surface area contributed by atoms with Crippen molar-refractivity contribution in [2.45, 2.75) is 43.5 Å². The van der Waals surface area contributed by atoms with Crippen molar-refractivity contribution in [1.29, 1.82) is 0 Å². The number of aryl methyl sites for hydroxylation is 3. The first-order valence-electron chi connectivity index (χ1n) is 6.69. The maximum absolute atomic E-state index is 13.7. The Labute approximate surface area is 124 Å². The highest BCUT2D eigenvalue weighted by atomic mass is 32.2. The number of nitrogens with two attached hydrogens (primary N) is 1. The molecule has 0 fully saturated rings. The average molecular weight is 289 g/mol. The Morgan fingerprint density at radius 3 is 2.30 bits per heavy atom. The summed E-state index contributed by atoms with van der Waals surface area (Å²) < 4.78 is 13.7. The van der Waals surface area contributed by atoms with Crippen molar-refractivity contribution in [3.8, 4) is 0 Å². The Kier molecular flexibility index (Phi) is 4.51. The zero-order valence-electron chi connectivity index (χ0n) is 12.3. The van der Waals surface area contributed by atoms with E-state index in [0.29, 0.717) is 5.56 Å². The van der Waals surface area contributed by atoms with Crippen LogP contribution in [-0.4, -0.2) is 0 Å². The minimum Gasteiger partial charge on any atom is -0.324 e. The smallest absolute Gasteiger partial charge is 0.126 e. The van der Waals surface area contributed by atoms with E-state index in [1.54, 1.807) is 24.8 Å². The number of benzene rings is 2. The second-order valence-corrected chi connectivity index (χ2v) is 6.38. The largest absolute Gasteiger partial charge is 0.324 e. The Balaban J connectivity index is 2.44. The highest BCUT2D eigenvalue weighted by Crippen LogP contribution is 2.36. The Hall–Kier alpha value is -1.32. The molecule has 20 heavy (non-hydrogen) atoms. The minimum atomic E-state index is -0.192. The molecule has 0 heterocycles. The first-order valence-corrected chi connectivity index (χ1v) is 7.51. The highest BCUT2D eigenvalue weighted by molar-refractivity contribution is 7.99. The van der Waals surface area contributed by atoms with Gasteiger partial charge in [0.1, 0.15) is 5.82 Å². The molecular weight excluding hydrogens is 269 g/mol. The van der Waals surface area contributed by atoms with Crippen LogP contribution in [0.15, 0.2) is 40.1 Å². The summed E-state index contributed by atoms with van der Waals surface area (Å²) in [6.07, 6.45) is 0. The third-order valence-electron chi connectivity index (χ3n) is 3.33. The summed E-state index contributed by atoms with van der Waals surface area (Å²) in [5.41, 5.74) is 9.96. The maximum Gasteiger partial charge on any atom is 0.126 e. The molecule has 0 saturated carbocycles. The van der Waals surface area contributed by atoms with Crippen LogP contribution in [0.4, 0.5) is 4.39 Å². The third-order valence-corrected chi connectivity index (χ3v) is 4.58. The van der Waals surface area contributed by atoms with Gasteiger partial charge in [-0.05, 0) is 62.6 Å². The molecule has 1 atom stereocenters. The van der Waals surface area contributed by atoms with Crippen LogP contribution in [0.25, 0.3) is 0 Å². The molecule has 2 N–H and O–H groups in total. The van der Waals surface area contributed by atoms with Crippen molar-refractivity contribution in [1.82, 2.24) is 0 Å².